The first-order chi connectivity index (χ1) is 15.6. The first kappa shape index (κ1) is 26.4. The van der Waals surface area contributed by atoms with Crippen molar-refractivity contribution in [3.63, 3.8) is 0 Å². The van der Waals surface area contributed by atoms with Gasteiger partial charge in [0.2, 0.25) is 0 Å². The highest BCUT2D eigenvalue weighted by atomic mass is 16.5. The van der Waals surface area contributed by atoms with Crippen LogP contribution in [0.2, 0.25) is 0 Å². The van der Waals surface area contributed by atoms with Gasteiger partial charge in [0, 0.05) is 6.42 Å². The summed E-state index contributed by atoms with van der Waals surface area (Å²) in [4.78, 5) is 0. The van der Waals surface area contributed by atoms with Gasteiger partial charge < -0.3 is 4.74 Å². The number of hydrogen-bond acceptors (Lipinski definition) is 1. The Morgan fingerprint density at radius 3 is 2.52 bits per heavy atom. The molecule has 3 fully saturated rings. The van der Waals surface area contributed by atoms with Crippen molar-refractivity contribution < 1.29 is 4.74 Å². The van der Waals surface area contributed by atoms with Crippen LogP contribution in [-0.4, -0.2) is 6.10 Å². The van der Waals surface area contributed by atoms with E-state index in [0.29, 0.717) is 11.5 Å². The van der Waals surface area contributed by atoms with Crippen molar-refractivity contribution in [2.75, 3.05) is 0 Å². The molecule has 0 spiro atoms. The van der Waals surface area contributed by atoms with Crippen LogP contribution in [0.15, 0.2) is 46.8 Å². The summed E-state index contributed by atoms with van der Waals surface area (Å²) in [6.07, 6.45) is 19.5. The van der Waals surface area contributed by atoms with E-state index in [1.54, 1.807) is 5.57 Å². The Bertz CT molecular complexity index is 774. The summed E-state index contributed by atoms with van der Waals surface area (Å²) in [5.41, 5.74) is 6.26. The van der Waals surface area contributed by atoms with Gasteiger partial charge >= 0.3 is 0 Å². The molecule has 0 unspecified atom stereocenters. The highest BCUT2D eigenvalue weighted by Crippen LogP contribution is 2.60. The summed E-state index contributed by atoms with van der Waals surface area (Å²) in [5.74, 6) is 4.49. The van der Waals surface area contributed by atoms with Crippen LogP contribution in [0, 0.1) is 29.1 Å². The van der Waals surface area contributed by atoms with Crippen molar-refractivity contribution >= 4 is 0 Å². The van der Waals surface area contributed by atoms with E-state index in [0.717, 1.165) is 48.7 Å². The lowest BCUT2D eigenvalue weighted by molar-refractivity contribution is 0.0928. The van der Waals surface area contributed by atoms with Crippen LogP contribution in [0.3, 0.4) is 0 Å². The molecular weight excluding hydrogens is 400 g/mol. The lowest BCUT2D eigenvalue weighted by Gasteiger charge is -2.44. The molecule has 0 aromatic heterocycles. The lowest BCUT2D eigenvalue weighted by Crippen LogP contribution is -2.36. The third kappa shape index (κ3) is 6.46. The minimum Gasteiger partial charge on any atom is -0.495 e. The molecule has 3 saturated carbocycles. The molecule has 0 N–H and O–H groups in total. The van der Waals surface area contributed by atoms with Crippen LogP contribution in [0.5, 0.6) is 0 Å². The molecule has 186 valence electrons. The maximum atomic E-state index is 6.27. The second-order valence-corrected chi connectivity index (χ2v) is 12.5. The summed E-state index contributed by atoms with van der Waals surface area (Å²) in [6, 6.07) is 0. The van der Waals surface area contributed by atoms with E-state index in [9.17, 15) is 0 Å². The van der Waals surface area contributed by atoms with Gasteiger partial charge in [0.25, 0.3) is 0 Å². The predicted molar refractivity (Wildman–Crippen MR) is 144 cm³/mol. The van der Waals surface area contributed by atoms with Crippen molar-refractivity contribution in [1.82, 2.24) is 0 Å². The fourth-order valence-corrected chi connectivity index (χ4v) is 7.11. The molecule has 0 aromatic rings. The monoisotopic (exact) mass is 452 g/mol. The van der Waals surface area contributed by atoms with Gasteiger partial charge in [0.15, 0.2) is 0 Å². The molecule has 0 aliphatic heterocycles. The molecule has 0 radical (unpaired) electrons. The Morgan fingerprint density at radius 1 is 1.06 bits per heavy atom. The molecular formula is C32H52O. The van der Waals surface area contributed by atoms with Gasteiger partial charge in [-0.15, -0.1) is 0 Å². The summed E-state index contributed by atoms with van der Waals surface area (Å²) < 4.78 is 6.27. The van der Waals surface area contributed by atoms with Crippen LogP contribution >= 0.6 is 0 Å². The third-order valence-electron chi connectivity index (χ3n) is 9.38. The number of hydrogen-bond donors (Lipinski definition) is 0. The lowest BCUT2D eigenvalue weighted by atomic mass is 9.60. The number of fused-ring (bicyclic) bond motifs is 1. The minimum absolute atomic E-state index is 0.300. The second-order valence-electron chi connectivity index (χ2n) is 12.5. The van der Waals surface area contributed by atoms with Crippen molar-refractivity contribution in [2.24, 2.45) is 29.1 Å². The maximum absolute atomic E-state index is 6.27. The quantitative estimate of drug-likeness (QED) is 0.333. The Kier molecular flexibility index (Phi) is 9.16. The Hall–Kier alpha value is -1.24. The first-order valence-electron chi connectivity index (χ1n) is 14.0. The SMILES string of the molecule is C=C1CC[C@H](OC(C)=C(C)C)C/C1=C/C=C1\CCC[C@]2(C)[C@@H]([C@H](C)CCCC(C)C)CC[C@@H]12. The van der Waals surface area contributed by atoms with E-state index >= 15 is 0 Å². The van der Waals surface area contributed by atoms with E-state index in [1.807, 2.05) is 0 Å². The number of rotatable bonds is 8. The fraction of sp³-hybridized carbons (Fsp3) is 0.750. The van der Waals surface area contributed by atoms with E-state index in [2.05, 4.69) is 67.2 Å². The zero-order valence-electron chi connectivity index (χ0n) is 22.9. The fourth-order valence-electron chi connectivity index (χ4n) is 7.11. The standard InChI is InChI=1S/C32H52O/c1-22(2)11-9-12-25(6)30-18-19-31-27(13-10-20-32(30,31)8)15-16-28-21-29(17-14-24(28)5)33-26(7)23(3)4/h15-16,22,25,29-31H,5,9-14,17-21H2,1-4,6-8H3/b27-15+,28-16-/t25-,29+,30-,31+,32-/m1/s1. The summed E-state index contributed by atoms with van der Waals surface area (Å²) in [5, 5.41) is 0. The van der Waals surface area contributed by atoms with Crippen molar-refractivity contribution in [3.8, 4) is 0 Å². The zero-order valence-corrected chi connectivity index (χ0v) is 22.9. The third-order valence-corrected chi connectivity index (χ3v) is 9.38. The molecule has 0 bridgehead atoms. The average molecular weight is 453 g/mol. The Labute approximate surface area is 205 Å². The van der Waals surface area contributed by atoms with Gasteiger partial charge in [0.1, 0.15) is 6.10 Å². The Balaban J connectivity index is 1.69. The molecule has 0 amide bonds. The highest BCUT2D eigenvalue weighted by molar-refractivity contribution is 5.36. The molecule has 5 atom stereocenters. The van der Waals surface area contributed by atoms with Crippen molar-refractivity contribution in [3.05, 3.63) is 46.8 Å². The molecule has 0 aromatic carbocycles. The van der Waals surface area contributed by atoms with E-state index < -0.39 is 0 Å². The summed E-state index contributed by atoms with van der Waals surface area (Å²) in [7, 11) is 0. The topological polar surface area (TPSA) is 9.23 Å². The molecule has 3 rings (SSSR count). The minimum atomic E-state index is 0.300. The first-order valence-corrected chi connectivity index (χ1v) is 14.0. The van der Waals surface area contributed by atoms with Gasteiger partial charge in [-0.2, -0.15) is 0 Å². The summed E-state index contributed by atoms with van der Waals surface area (Å²) >= 11 is 0. The molecule has 33 heavy (non-hydrogen) atoms. The van der Waals surface area contributed by atoms with Crippen LogP contribution in [0.1, 0.15) is 119 Å². The summed E-state index contributed by atoms with van der Waals surface area (Å²) in [6.45, 7) is 20.7. The maximum Gasteiger partial charge on any atom is 0.103 e. The van der Waals surface area contributed by atoms with E-state index in [1.165, 1.54) is 68.1 Å². The van der Waals surface area contributed by atoms with Crippen LogP contribution in [-0.2, 0) is 4.74 Å². The van der Waals surface area contributed by atoms with E-state index in [4.69, 9.17) is 4.74 Å². The van der Waals surface area contributed by atoms with Crippen molar-refractivity contribution in [1.29, 1.82) is 0 Å². The van der Waals surface area contributed by atoms with Crippen LogP contribution < -0.4 is 0 Å². The largest absolute Gasteiger partial charge is 0.495 e. The van der Waals surface area contributed by atoms with Gasteiger partial charge in [0.05, 0.1) is 5.76 Å². The van der Waals surface area contributed by atoms with Gasteiger partial charge in [-0.1, -0.05) is 76.8 Å². The van der Waals surface area contributed by atoms with Crippen LogP contribution in [0.25, 0.3) is 0 Å². The van der Waals surface area contributed by atoms with Gasteiger partial charge in [-0.3, -0.25) is 0 Å². The van der Waals surface area contributed by atoms with E-state index in [-0.39, 0.29) is 0 Å². The smallest absolute Gasteiger partial charge is 0.103 e. The molecule has 3 aliphatic carbocycles. The molecule has 0 heterocycles. The Morgan fingerprint density at radius 2 is 1.82 bits per heavy atom. The number of allylic oxidation sites excluding steroid dienone is 6. The van der Waals surface area contributed by atoms with Crippen molar-refractivity contribution in [2.45, 2.75) is 125 Å². The predicted octanol–water partition coefficient (Wildman–Crippen LogP) is 9.96. The normalized spacial score (nSPS) is 33.5. The molecule has 0 saturated heterocycles. The van der Waals surface area contributed by atoms with Gasteiger partial charge in [-0.05, 0) is 106 Å². The molecule has 1 nitrogen and oxygen atoms in total. The van der Waals surface area contributed by atoms with Crippen LogP contribution in [0.4, 0.5) is 0 Å². The number of ether oxygens (including phenoxy) is 1. The zero-order chi connectivity index (χ0) is 24.2. The second kappa shape index (κ2) is 11.5. The average Bonchev–Trinajstić information content (AvgIpc) is 3.11. The molecule has 1 heteroatoms. The molecule has 3 aliphatic rings. The van der Waals surface area contributed by atoms with Gasteiger partial charge in [-0.25, -0.2) is 0 Å². The highest BCUT2D eigenvalue weighted by Gasteiger charge is 2.50.